The fourth-order valence-corrected chi connectivity index (χ4v) is 4.78. The third-order valence-corrected chi connectivity index (χ3v) is 6.86. The Morgan fingerprint density at radius 2 is 1.77 bits per heavy atom. The number of hydrogen-bond acceptors (Lipinski definition) is 5. The number of nitrogens with zero attached hydrogens (tertiary/aromatic N) is 1. The van der Waals surface area contributed by atoms with Gasteiger partial charge in [0.2, 0.25) is 10.0 Å². The number of fused-ring (bicyclic) bond motifs is 1. The average molecular weight is 427 g/mol. The van der Waals surface area contributed by atoms with Crippen LogP contribution in [-0.4, -0.2) is 49.9 Å². The number of aromatic amines is 1. The molecule has 2 heterocycles. The summed E-state index contributed by atoms with van der Waals surface area (Å²) in [4.78, 5) is 28.0. The van der Waals surface area contributed by atoms with E-state index in [0.29, 0.717) is 48.5 Å². The maximum atomic E-state index is 12.7. The van der Waals surface area contributed by atoms with Gasteiger partial charge in [-0.3, -0.25) is 9.59 Å². The second-order valence-electron chi connectivity index (χ2n) is 7.07. The van der Waals surface area contributed by atoms with Crippen LogP contribution < -0.4 is 10.7 Å². The van der Waals surface area contributed by atoms with Crippen LogP contribution >= 0.6 is 0 Å². The van der Waals surface area contributed by atoms with Gasteiger partial charge in [0, 0.05) is 47.0 Å². The van der Waals surface area contributed by atoms with Gasteiger partial charge in [-0.1, -0.05) is 0 Å². The summed E-state index contributed by atoms with van der Waals surface area (Å²) < 4.78 is 31.9. The SMILES string of the molecule is Cc1cc(=O)c2cc(C(=O)Nc3ccc(S(=O)(=O)N4CCOCC4)cc3)ccc2[nH]1. The van der Waals surface area contributed by atoms with Gasteiger partial charge in [-0.15, -0.1) is 0 Å². The van der Waals surface area contributed by atoms with Crippen LogP contribution in [0, 0.1) is 6.92 Å². The predicted molar refractivity (Wildman–Crippen MR) is 113 cm³/mol. The monoisotopic (exact) mass is 427 g/mol. The number of nitrogens with one attached hydrogen (secondary N) is 2. The van der Waals surface area contributed by atoms with E-state index in [-0.39, 0.29) is 16.2 Å². The maximum Gasteiger partial charge on any atom is 0.255 e. The molecule has 1 amide bonds. The van der Waals surface area contributed by atoms with Crippen molar-refractivity contribution in [2.24, 2.45) is 0 Å². The number of benzene rings is 2. The van der Waals surface area contributed by atoms with E-state index in [1.54, 1.807) is 37.3 Å². The molecule has 2 N–H and O–H groups in total. The summed E-state index contributed by atoms with van der Waals surface area (Å²) in [5.74, 6) is -0.388. The summed E-state index contributed by atoms with van der Waals surface area (Å²) in [7, 11) is -3.59. The Hall–Kier alpha value is -3.01. The van der Waals surface area contributed by atoms with Crippen LogP contribution in [0.5, 0.6) is 0 Å². The van der Waals surface area contributed by atoms with Crippen molar-refractivity contribution >= 4 is 32.5 Å². The highest BCUT2D eigenvalue weighted by Crippen LogP contribution is 2.20. The van der Waals surface area contributed by atoms with Crippen LogP contribution in [0.2, 0.25) is 0 Å². The molecule has 1 aliphatic rings. The summed E-state index contributed by atoms with van der Waals surface area (Å²) in [6, 6.07) is 12.4. The van der Waals surface area contributed by atoms with Crippen LogP contribution in [0.15, 0.2) is 58.2 Å². The number of aryl methyl sites for hydroxylation is 1. The van der Waals surface area contributed by atoms with Crippen LogP contribution in [0.4, 0.5) is 5.69 Å². The summed E-state index contributed by atoms with van der Waals surface area (Å²) in [6.07, 6.45) is 0. The van der Waals surface area contributed by atoms with Crippen molar-refractivity contribution in [3.63, 3.8) is 0 Å². The van der Waals surface area contributed by atoms with E-state index < -0.39 is 10.0 Å². The van der Waals surface area contributed by atoms with E-state index >= 15 is 0 Å². The Morgan fingerprint density at radius 1 is 1.07 bits per heavy atom. The van der Waals surface area contributed by atoms with E-state index in [1.165, 1.54) is 22.5 Å². The molecule has 30 heavy (non-hydrogen) atoms. The molecule has 0 atom stereocenters. The number of ether oxygens (including phenoxy) is 1. The van der Waals surface area contributed by atoms with Crippen molar-refractivity contribution in [1.29, 1.82) is 0 Å². The molecule has 1 aromatic heterocycles. The minimum Gasteiger partial charge on any atom is -0.379 e. The van der Waals surface area contributed by atoms with Gasteiger partial charge >= 0.3 is 0 Å². The van der Waals surface area contributed by atoms with Gasteiger partial charge in [0.25, 0.3) is 5.91 Å². The van der Waals surface area contributed by atoms with Gasteiger partial charge in [0.15, 0.2) is 5.43 Å². The number of aromatic nitrogens is 1. The first-order chi connectivity index (χ1) is 14.3. The number of carbonyl (C=O) groups excluding carboxylic acids is 1. The van der Waals surface area contributed by atoms with Crippen molar-refractivity contribution in [3.8, 4) is 0 Å². The van der Waals surface area contributed by atoms with Crippen LogP contribution in [0.1, 0.15) is 16.1 Å². The fourth-order valence-electron chi connectivity index (χ4n) is 3.37. The number of amides is 1. The highest BCUT2D eigenvalue weighted by atomic mass is 32.2. The molecule has 1 fully saturated rings. The quantitative estimate of drug-likeness (QED) is 0.663. The Morgan fingerprint density at radius 3 is 2.47 bits per heavy atom. The molecule has 3 aromatic rings. The lowest BCUT2D eigenvalue weighted by molar-refractivity contribution is 0.0730. The molecule has 0 spiro atoms. The average Bonchev–Trinajstić information content (AvgIpc) is 2.74. The number of morpholine rings is 1. The molecule has 8 nitrogen and oxygen atoms in total. The number of H-pyrrole nitrogens is 1. The summed E-state index contributed by atoms with van der Waals surface area (Å²) in [6.45, 7) is 3.19. The van der Waals surface area contributed by atoms with Gasteiger partial charge in [-0.2, -0.15) is 4.31 Å². The van der Waals surface area contributed by atoms with Gasteiger partial charge < -0.3 is 15.0 Å². The van der Waals surface area contributed by atoms with Crippen molar-refractivity contribution in [2.45, 2.75) is 11.8 Å². The topological polar surface area (TPSA) is 109 Å². The van der Waals surface area contributed by atoms with Gasteiger partial charge in [0.1, 0.15) is 0 Å². The molecule has 9 heteroatoms. The minimum atomic E-state index is -3.59. The molecular weight excluding hydrogens is 406 g/mol. The lowest BCUT2D eigenvalue weighted by Gasteiger charge is -2.26. The van der Waals surface area contributed by atoms with Gasteiger partial charge in [-0.25, -0.2) is 8.42 Å². The lowest BCUT2D eigenvalue weighted by Crippen LogP contribution is -2.40. The molecule has 0 aliphatic carbocycles. The highest BCUT2D eigenvalue weighted by Gasteiger charge is 2.26. The van der Waals surface area contributed by atoms with Crippen LogP contribution in [0.25, 0.3) is 10.9 Å². The summed E-state index contributed by atoms with van der Waals surface area (Å²) >= 11 is 0. The molecule has 1 aliphatic heterocycles. The van der Waals surface area contributed by atoms with E-state index in [9.17, 15) is 18.0 Å². The minimum absolute atomic E-state index is 0.159. The number of carbonyl (C=O) groups is 1. The fraction of sp³-hybridized carbons (Fsp3) is 0.238. The standard InChI is InChI=1S/C21H21N3O5S/c1-14-12-20(25)18-13-15(2-7-19(18)22-14)21(26)23-16-3-5-17(6-4-16)30(27,28)24-8-10-29-11-9-24/h2-7,12-13H,8-11H2,1H3,(H,22,25)(H,23,26). The largest absolute Gasteiger partial charge is 0.379 e. The van der Waals surface area contributed by atoms with E-state index in [2.05, 4.69) is 10.3 Å². The van der Waals surface area contributed by atoms with Gasteiger partial charge in [0.05, 0.1) is 18.1 Å². The van der Waals surface area contributed by atoms with Crippen molar-refractivity contribution in [1.82, 2.24) is 9.29 Å². The number of hydrogen-bond donors (Lipinski definition) is 2. The smallest absolute Gasteiger partial charge is 0.255 e. The number of anilines is 1. The molecule has 2 aromatic carbocycles. The van der Waals surface area contributed by atoms with Gasteiger partial charge in [-0.05, 0) is 49.4 Å². The van der Waals surface area contributed by atoms with Crippen LogP contribution in [0.3, 0.4) is 0 Å². The molecule has 0 radical (unpaired) electrons. The number of rotatable bonds is 4. The normalized spacial score (nSPS) is 15.2. The molecule has 0 unspecified atom stereocenters. The second-order valence-corrected chi connectivity index (χ2v) is 9.01. The zero-order valence-corrected chi connectivity index (χ0v) is 17.2. The lowest BCUT2D eigenvalue weighted by atomic mass is 10.1. The number of pyridine rings is 1. The van der Waals surface area contributed by atoms with Crippen molar-refractivity contribution in [2.75, 3.05) is 31.6 Å². The number of sulfonamides is 1. The van der Waals surface area contributed by atoms with Crippen molar-refractivity contribution < 1.29 is 17.9 Å². The third kappa shape index (κ3) is 4.00. The first-order valence-electron chi connectivity index (χ1n) is 9.47. The molecule has 1 saturated heterocycles. The van der Waals surface area contributed by atoms with E-state index in [4.69, 9.17) is 4.74 Å². The summed E-state index contributed by atoms with van der Waals surface area (Å²) in [5, 5.41) is 3.16. The maximum absolute atomic E-state index is 12.7. The Bertz CT molecular complexity index is 1260. The van der Waals surface area contributed by atoms with E-state index in [0.717, 1.165) is 5.69 Å². The zero-order valence-electron chi connectivity index (χ0n) is 16.3. The molecule has 0 saturated carbocycles. The molecule has 4 rings (SSSR count). The molecular formula is C21H21N3O5S. The third-order valence-electron chi connectivity index (χ3n) is 4.95. The first kappa shape index (κ1) is 20.3. The predicted octanol–water partition coefficient (Wildman–Crippen LogP) is 2.11. The molecule has 0 bridgehead atoms. The zero-order chi connectivity index (χ0) is 21.3. The Kier molecular flexibility index (Phi) is 5.42. The van der Waals surface area contributed by atoms with Crippen molar-refractivity contribution in [3.05, 3.63) is 70.0 Å². The second kappa shape index (κ2) is 8.02. The highest BCUT2D eigenvalue weighted by molar-refractivity contribution is 7.89. The van der Waals surface area contributed by atoms with E-state index in [1.807, 2.05) is 0 Å². The Labute approximate surface area is 173 Å². The molecule has 156 valence electrons. The summed E-state index contributed by atoms with van der Waals surface area (Å²) in [5.41, 5.74) is 2.04. The Balaban J connectivity index is 1.52. The van der Waals surface area contributed by atoms with Crippen LogP contribution in [-0.2, 0) is 14.8 Å². The first-order valence-corrected chi connectivity index (χ1v) is 10.9.